The zero-order chi connectivity index (χ0) is 14.5. The highest BCUT2D eigenvalue weighted by Crippen LogP contribution is 2.30. The average Bonchev–Trinajstić information content (AvgIpc) is 2.44. The summed E-state index contributed by atoms with van der Waals surface area (Å²) in [6.45, 7) is 2.49. The van der Waals surface area contributed by atoms with Crippen LogP contribution in [0.15, 0.2) is 42.5 Å². The van der Waals surface area contributed by atoms with Gasteiger partial charge in [0.05, 0.1) is 22.3 Å². The fourth-order valence-corrected chi connectivity index (χ4v) is 2.16. The molecule has 0 aliphatic carbocycles. The first-order valence-corrected chi connectivity index (χ1v) is 6.85. The number of anilines is 1. The molecule has 0 saturated carbocycles. The number of para-hydroxylation sites is 1. The highest BCUT2D eigenvalue weighted by atomic mass is 35.5. The van der Waals surface area contributed by atoms with Crippen LogP contribution in [-0.2, 0) is 0 Å². The van der Waals surface area contributed by atoms with E-state index in [2.05, 4.69) is 5.32 Å². The maximum absolute atomic E-state index is 12.1. The van der Waals surface area contributed by atoms with Crippen LogP contribution >= 0.6 is 23.2 Å². The number of nitrogens with one attached hydrogen (secondary N) is 1. The van der Waals surface area contributed by atoms with Crippen molar-refractivity contribution in [1.29, 1.82) is 0 Å². The lowest BCUT2D eigenvalue weighted by Crippen LogP contribution is -2.12. The molecule has 1 N–H and O–H groups in total. The Hall–Kier alpha value is -1.71. The molecule has 2 aromatic carbocycles. The van der Waals surface area contributed by atoms with Crippen molar-refractivity contribution in [2.75, 3.05) is 11.9 Å². The summed E-state index contributed by atoms with van der Waals surface area (Å²) < 4.78 is 5.32. The van der Waals surface area contributed by atoms with Crippen LogP contribution in [0, 0.1) is 0 Å². The van der Waals surface area contributed by atoms with Crippen LogP contribution in [0.5, 0.6) is 5.75 Å². The molecule has 3 nitrogen and oxygen atoms in total. The topological polar surface area (TPSA) is 38.3 Å². The van der Waals surface area contributed by atoms with E-state index < -0.39 is 0 Å². The fraction of sp³-hybridized carbons (Fsp3) is 0.133. The Kier molecular flexibility index (Phi) is 4.88. The molecule has 0 aliphatic rings. The largest absolute Gasteiger partial charge is 0.494 e. The van der Waals surface area contributed by atoms with Gasteiger partial charge in [-0.3, -0.25) is 4.79 Å². The van der Waals surface area contributed by atoms with E-state index in [1.54, 1.807) is 42.5 Å². The summed E-state index contributed by atoms with van der Waals surface area (Å²) in [7, 11) is 0. The van der Waals surface area contributed by atoms with Crippen LogP contribution in [0.1, 0.15) is 17.3 Å². The number of hydrogen-bond donors (Lipinski definition) is 1. The number of carbonyl (C=O) groups is 1. The van der Waals surface area contributed by atoms with E-state index in [1.165, 1.54) is 0 Å². The van der Waals surface area contributed by atoms with Crippen molar-refractivity contribution >= 4 is 34.8 Å². The minimum atomic E-state index is -0.275. The van der Waals surface area contributed by atoms with Gasteiger partial charge in [0.1, 0.15) is 5.75 Å². The van der Waals surface area contributed by atoms with Crippen molar-refractivity contribution in [3.63, 3.8) is 0 Å². The van der Waals surface area contributed by atoms with Gasteiger partial charge >= 0.3 is 0 Å². The molecule has 0 aliphatic heterocycles. The van der Waals surface area contributed by atoms with E-state index in [4.69, 9.17) is 27.9 Å². The Morgan fingerprint density at radius 2 is 1.70 bits per heavy atom. The normalized spacial score (nSPS) is 10.2. The van der Waals surface area contributed by atoms with Gasteiger partial charge in [0, 0.05) is 5.56 Å². The Morgan fingerprint density at radius 3 is 2.25 bits per heavy atom. The van der Waals surface area contributed by atoms with Crippen molar-refractivity contribution < 1.29 is 9.53 Å². The average molecular weight is 310 g/mol. The highest BCUT2D eigenvalue weighted by molar-refractivity contribution is 6.40. The number of benzene rings is 2. The van der Waals surface area contributed by atoms with Crippen LogP contribution in [0.3, 0.4) is 0 Å². The van der Waals surface area contributed by atoms with Crippen molar-refractivity contribution in [1.82, 2.24) is 0 Å². The minimum absolute atomic E-state index is 0.275. The number of amides is 1. The summed E-state index contributed by atoms with van der Waals surface area (Å²) in [6.07, 6.45) is 0. The molecule has 0 fully saturated rings. The van der Waals surface area contributed by atoms with Crippen molar-refractivity contribution in [2.45, 2.75) is 6.92 Å². The summed E-state index contributed by atoms with van der Waals surface area (Å²) in [5, 5.41) is 3.50. The van der Waals surface area contributed by atoms with Gasteiger partial charge in [-0.2, -0.15) is 0 Å². The molecule has 5 heteroatoms. The van der Waals surface area contributed by atoms with E-state index in [9.17, 15) is 4.79 Å². The standard InChI is InChI=1S/C15H13Cl2NO2/c1-2-20-11-8-6-10(7-9-11)15(19)18-14-12(16)4-3-5-13(14)17/h3-9H,2H2,1H3,(H,18,19). The van der Waals surface area contributed by atoms with Crippen LogP contribution in [0.4, 0.5) is 5.69 Å². The van der Waals surface area contributed by atoms with Crippen molar-refractivity contribution in [2.24, 2.45) is 0 Å². The second-order valence-corrected chi connectivity index (χ2v) is 4.82. The van der Waals surface area contributed by atoms with E-state index in [0.29, 0.717) is 27.9 Å². The van der Waals surface area contributed by atoms with Crippen molar-refractivity contribution in [3.05, 3.63) is 58.1 Å². The van der Waals surface area contributed by atoms with Gasteiger partial charge in [-0.05, 0) is 43.3 Å². The summed E-state index contributed by atoms with van der Waals surface area (Å²) in [6, 6.07) is 11.9. The van der Waals surface area contributed by atoms with Gasteiger partial charge in [0.2, 0.25) is 0 Å². The molecule has 1 amide bonds. The van der Waals surface area contributed by atoms with E-state index in [0.717, 1.165) is 5.75 Å². The van der Waals surface area contributed by atoms with Crippen LogP contribution in [-0.4, -0.2) is 12.5 Å². The van der Waals surface area contributed by atoms with E-state index in [1.807, 2.05) is 6.92 Å². The van der Waals surface area contributed by atoms with Crippen LogP contribution < -0.4 is 10.1 Å². The summed E-state index contributed by atoms with van der Waals surface area (Å²) >= 11 is 12.0. The molecule has 0 aromatic heterocycles. The molecule has 0 heterocycles. The molecule has 2 aromatic rings. The second kappa shape index (κ2) is 6.64. The van der Waals surface area contributed by atoms with E-state index >= 15 is 0 Å². The number of hydrogen-bond acceptors (Lipinski definition) is 2. The van der Waals surface area contributed by atoms with Gasteiger partial charge in [-0.15, -0.1) is 0 Å². The highest BCUT2D eigenvalue weighted by Gasteiger charge is 2.11. The SMILES string of the molecule is CCOc1ccc(C(=O)Nc2c(Cl)cccc2Cl)cc1. The third-order valence-electron chi connectivity index (χ3n) is 2.63. The van der Waals surface area contributed by atoms with Gasteiger partial charge in [0.25, 0.3) is 5.91 Å². The predicted molar refractivity (Wildman–Crippen MR) is 82.0 cm³/mol. The maximum atomic E-state index is 12.1. The first-order chi connectivity index (χ1) is 9.61. The number of ether oxygens (including phenoxy) is 1. The molecular formula is C15H13Cl2NO2. The Labute approximate surface area is 127 Å². The fourth-order valence-electron chi connectivity index (χ4n) is 1.67. The first kappa shape index (κ1) is 14.7. The molecule has 104 valence electrons. The zero-order valence-corrected chi connectivity index (χ0v) is 12.3. The molecule has 0 atom stereocenters. The maximum Gasteiger partial charge on any atom is 0.255 e. The molecule has 0 radical (unpaired) electrons. The number of rotatable bonds is 4. The van der Waals surface area contributed by atoms with Gasteiger partial charge in [-0.25, -0.2) is 0 Å². The van der Waals surface area contributed by atoms with Gasteiger partial charge < -0.3 is 10.1 Å². The molecule has 0 unspecified atom stereocenters. The third kappa shape index (κ3) is 3.44. The van der Waals surface area contributed by atoms with Crippen molar-refractivity contribution in [3.8, 4) is 5.75 Å². The Bertz CT molecular complexity index is 592. The molecule has 0 saturated heterocycles. The van der Waals surface area contributed by atoms with Gasteiger partial charge in [-0.1, -0.05) is 29.3 Å². The third-order valence-corrected chi connectivity index (χ3v) is 3.26. The first-order valence-electron chi connectivity index (χ1n) is 6.10. The van der Waals surface area contributed by atoms with Crippen LogP contribution in [0.2, 0.25) is 10.0 Å². The quantitative estimate of drug-likeness (QED) is 0.893. The predicted octanol–water partition coefficient (Wildman–Crippen LogP) is 4.64. The minimum Gasteiger partial charge on any atom is -0.494 e. The molecule has 0 spiro atoms. The Morgan fingerprint density at radius 1 is 1.10 bits per heavy atom. The van der Waals surface area contributed by atoms with Crippen LogP contribution in [0.25, 0.3) is 0 Å². The number of carbonyl (C=O) groups excluding carboxylic acids is 1. The van der Waals surface area contributed by atoms with E-state index in [-0.39, 0.29) is 5.91 Å². The van der Waals surface area contributed by atoms with Gasteiger partial charge in [0.15, 0.2) is 0 Å². The lowest BCUT2D eigenvalue weighted by Gasteiger charge is -2.09. The monoisotopic (exact) mass is 309 g/mol. The summed E-state index contributed by atoms with van der Waals surface area (Å²) in [4.78, 5) is 12.1. The molecule has 2 rings (SSSR count). The molecule has 0 bridgehead atoms. The zero-order valence-electron chi connectivity index (χ0n) is 10.8. The molecular weight excluding hydrogens is 297 g/mol. The summed E-state index contributed by atoms with van der Waals surface area (Å²) in [5.74, 6) is 0.447. The number of halogens is 2. The Balaban J connectivity index is 2.16. The summed E-state index contributed by atoms with van der Waals surface area (Å²) in [5.41, 5.74) is 0.916. The molecule has 20 heavy (non-hydrogen) atoms. The lowest BCUT2D eigenvalue weighted by atomic mass is 10.2. The smallest absolute Gasteiger partial charge is 0.255 e. The lowest BCUT2D eigenvalue weighted by molar-refractivity contribution is 0.102. The second-order valence-electron chi connectivity index (χ2n) is 4.01.